The van der Waals surface area contributed by atoms with Crippen molar-refractivity contribution in [2.24, 2.45) is 0 Å². The summed E-state index contributed by atoms with van der Waals surface area (Å²) in [5.74, 6) is 0.942. The number of para-hydroxylation sites is 3. The number of hydrogen-bond acceptors (Lipinski definition) is 1. The van der Waals surface area contributed by atoms with E-state index in [-0.39, 0.29) is 0 Å². The van der Waals surface area contributed by atoms with Crippen LogP contribution in [0.2, 0.25) is 0 Å². The maximum absolute atomic E-state index is 5.13. The van der Waals surface area contributed by atoms with E-state index in [0.29, 0.717) is 0 Å². The molecule has 0 N–H and O–H groups in total. The molecule has 0 bridgehead atoms. The molecule has 1 aromatic heterocycles. The molecule has 55 heavy (non-hydrogen) atoms. The van der Waals surface area contributed by atoms with E-state index in [1.54, 1.807) is 0 Å². The quantitative estimate of drug-likeness (QED) is 0.163. The molecule has 0 aliphatic heterocycles. The molecule has 9 aromatic carbocycles. The molecule has 10 aromatic rings. The second-order valence-corrected chi connectivity index (χ2v) is 15.0. The smallest absolute Gasteiger partial charge is 0.145 e. The van der Waals surface area contributed by atoms with Crippen molar-refractivity contribution in [2.75, 3.05) is 0 Å². The van der Waals surface area contributed by atoms with Crippen LogP contribution in [0.1, 0.15) is 24.0 Å². The zero-order valence-electron chi connectivity index (χ0n) is 30.5. The Labute approximate surface area is 321 Å². The Hall–Kier alpha value is -6.77. The van der Waals surface area contributed by atoms with Crippen LogP contribution in [-0.2, 0) is 12.8 Å². The lowest BCUT2D eigenvalue weighted by Crippen LogP contribution is -2.02. The van der Waals surface area contributed by atoms with Gasteiger partial charge >= 0.3 is 0 Å². The Morgan fingerprint density at radius 2 is 0.982 bits per heavy atom. The standard InChI is InChI=1S/C53H38N2/c1-2-16-44(17-3-1)55-50-21-11-10-20-49(50)54-53(55)38-26-22-37(23-27-38)41-30-31-47-48(34-41)52(43-29-25-36-13-5-7-15-40(36)33-43)46-19-9-8-18-45(46)51(47)42-28-24-35-12-4-6-14-39(35)32-42/h1-3,5,7-11,13,15-34H,4,6,12,14H2. The molecular weight excluding hydrogens is 665 g/mol. The van der Waals surface area contributed by atoms with E-state index in [4.69, 9.17) is 4.98 Å². The second kappa shape index (κ2) is 13.0. The topological polar surface area (TPSA) is 17.8 Å². The maximum Gasteiger partial charge on any atom is 0.145 e. The van der Waals surface area contributed by atoms with E-state index in [1.807, 2.05) is 0 Å². The van der Waals surface area contributed by atoms with Crippen molar-refractivity contribution in [1.29, 1.82) is 0 Å². The molecule has 0 unspecified atom stereocenters. The van der Waals surface area contributed by atoms with Crippen LogP contribution < -0.4 is 0 Å². The van der Waals surface area contributed by atoms with Gasteiger partial charge < -0.3 is 0 Å². The van der Waals surface area contributed by atoms with Gasteiger partial charge in [-0.15, -0.1) is 0 Å². The molecule has 2 heteroatoms. The van der Waals surface area contributed by atoms with Crippen molar-refractivity contribution >= 4 is 43.4 Å². The number of aromatic nitrogens is 2. The van der Waals surface area contributed by atoms with Crippen LogP contribution in [0.25, 0.3) is 93.8 Å². The van der Waals surface area contributed by atoms with E-state index in [2.05, 4.69) is 187 Å². The van der Waals surface area contributed by atoms with Crippen LogP contribution in [0.15, 0.2) is 182 Å². The minimum Gasteiger partial charge on any atom is -0.292 e. The van der Waals surface area contributed by atoms with Gasteiger partial charge in [-0.25, -0.2) is 4.98 Å². The summed E-state index contributed by atoms with van der Waals surface area (Å²) in [5.41, 5.74) is 14.8. The van der Waals surface area contributed by atoms with Crippen LogP contribution >= 0.6 is 0 Å². The lowest BCUT2D eigenvalue weighted by atomic mass is 9.83. The highest BCUT2D eigenvalue weighted by Gasteiger charge is 2.20. The molecule has 11 rings (SSSR count). The Kier molecular flexibility index (Phi) is 7.48. The first-order valence-electron chi connectivity index (χ1n) is 19.5. The average molecular weight is 703 g/mol. The van der Waals surface area contributed by atoms with Crippen molar-refractivity contribution in [1.82, 2.24) is 9.55 Å². The molecule has 2 nitrogen and oxygen atoms in total. The van der Waals surface area contributed by atoms with Gasteiger partial charge in [-0.1, -0.05) is 146 Å². The zero-order valence-corrected chi connectivity index (χ0v) is 30.5. The summed E-state index contributed by atoms with van der Waals surface area (Å²) >= 11 is 0. The molecule has 0 fully saturated rings. The van der Waals surface area contributed by atoms with Crippen LogP contribution in [0.4, 0.5) is 0 Å². The SMILES string of the molecule is c1ccc(-n2c(-c3ccc(-c4ccc5c(-c6ccc7c(c6)CCCC7)c6ccccc6c(-c6ccc7ccccc7c6)c5c4)cc3)nc3ccccc32)cc1. The summed E-state index contributed by atoms with van der Waals surface area (Å²) in [6.45, 7) is 0. The molecule has 1 aliphatic carbocycles. The van der Waals surface area contributed by atoms with Crippen LogP contribution in [0, 0.1) is 0 Å². The van der Waals surface area contributed by atoms with Crippen molar-refractivity contribution < 1.29 is 0 Å². The Morgan fingerprint density at radius 1 is 0.382 bits per heavy atom. The molecular formula is C53H38N2. The van der Waals surface area contributed by atoms with Crippen LogP contribution in [-0.4, -0.2) is 9.55 Å². The molecule has 0 saturated carbocycles. The third kappa shape index (κ3) is 5.36. The minimum absolute atomic E-state index is 0.942. The van der Waals surface area contributed by atoms with Gasteiger partial charge in [0.25, 0.3) is 0 Å². The fraction of sp³-hybridized carbons (Fsp3) is 0.0755. The lowest BCUT2D eigenvalue weighted by Gasteiger charge is -2.21. The van der Waals surface area contributed by atoms with Crippen LogP contribution in [0.3, 0.4) is 0 Å². The summed E-state index contributed by atoms with van der Waals surface area (Å²) in [7, 11) is 0. The Morgan fingerprint density at radius 3 is 1.82 bits per heavy atom. The number of fused-ring (bicyclic) bond motifs is 5. The molecule has 0 spiro atoms. The van der Waals surface area contributed by atoms with E-state index in [1.165, 1.54) is 96.1 Å². The van der Waals surface area contributed by atoms with E-state index >= 15 is 0 Å². The minimum atomic E-state index is 0.942. The first-order chi connectivity index (χ1) is 27.3. The fourth-order valence-corrected chi connectivity index (χ4v) is 9.08. The normalized spacial score (nSPS) is 12.8. The largest absolute Gasteiger partial charge is 0.292 e. The van der Waals surface area contributed by atoms with E-state index in [0.717, 1.165) is 34.5 Å². The van der Waals surface area contributed by atoms with Crippen LogP contribution in [0.5, 0.6) is 0 Å². The molecule has 0 saturated heterocycles. The number of aryl methyl sites for hydroxylation is 2. The van der Waals surface area contributed by atoms with Crippen molar-refractivity contribution in [3.05, 3.63) is 193 Å². The molecule has 0 radical (unpaired) electrons. The van der Waals surface area contributed by atoms with Gasteiger partial charge in [0.1, 0.15) is 5.82 Å². The van der Waals surface area contributed by atoms with E-state index < -0.39 is 0 Å². The fourth-order valence-electron chi connectivity index (χ4n) is 9.08. The predicted octanol–water partition coefficient (Wildman–Crippen LogP) is 14.0. The highest BCUT2D eigenvalue weighted by Crippen LogP contribution is 2.46. The van der Waals surface area contributed by atoms with Crippen molar-refractivity contribution in [3.63, 3.8) is 0 Å². The van der Waals surface area contributed by atoms with Gasteiger partial charge in [-0.3, -0.25) is 4.57 Å². The van der Waals surface area contributed by atoms with Gasteiger partial charge in [0.05, 0.1) is 11.0 Å². The van der Waals surface area contributed by atoms with Gasteiger partial charge in [0, 0.05) is 11.3 Å². The summed E-state index contributed by atoms with van der Waals surface area (Å²) in [6.07, 6.45) is 4.90. The number of hydrogen-bond donors (Lipinski definition) is 0. The predicted molar refractivity (Wildman–Crippen MR) is 232 cm³/mol. The zero-order chi connectivity index (χ0) is 36.3. The molecule has 0 atom stereocenters. The first-order valence-corrected chi connectivity index (χ1v) is 19.5. The maximum atomic E-state index is 5.13. The third-order valence-corrected chi connectivity index (χ3v) is 11.8. The monoisotopic (exact) mass is 702 g/mol. The van der Waals surface area contributed by atoms with Gasteiger partial charge in [0.2, 0.25) is 0 Å². The average Bonchev–Trinajstić information content (AvgIpc) is 3.65. The number of rotatable bonds is 5. The highest BCUT2D eigenvalue weighted by atomic mass is 15.1. The van der Waals surface area contributed by atoms with Gasteiger partial charge in [0.15, 0.2) is 0 Å². The Balaban J connectivity index is 1.11. The number of benzene rings is 9. The summed E-state index contributed by atoms with van der Waals surface area (Å²) < 4.78 is 2.27. The van der Waals surface area contributed by atoms with Gasteiger partial charge in [-0.2, -0.15) is 0 Å². The molecule has 260 valence electrons. The summed E-state index contributed by atoms with van der Waals surface area (Å²) in [5, 5.41) is 7.65. The number of imidazole rings is 1. The first kappa shape index (κ1) is 31.7. The van der Waals surface area contributed by atoms with Crippen molar-refractivity contribution in [3.8, 4) is 50.5 Å². The number of nitrogens with zero attached hydrogens (tertiary/aromatic N) is 2. The molecule has 1 heterocycles. The van der Waals surface area contributed by atoms with Gasteiger partial charge in [-0.05, 0) is 139 Å². The summed E-state index contributed by atoms with van der Waals surface area (Å²) in [4.78, 5) is 5.13. The highest BCUT2D eigenvalue weighted by molar-refractivity contribution is 6.22. The lowest BCUT2D eigenvalue weighted by molar-refractivity contribution is 0.686. The van der Waals surface area contributed by atoms with Crippen molar-refractivity contribution in [2.45, 2.75) is 25.7 Å². The summed E-state index contributed by atoms with van der Waals surface area (Å²) in [6, 6.07) is 66.9. The Bertz CT molecular complexity index is 3080. The van der Waals surface area contributed by atoms with E-state index in [9.17, 15) is 0 Å². The third-order valence-electron chi connectivity index (χ3n) is 11.8. The molecule has 0 amide bonds. The second-order valence-electron chi connectivity index (χ2n) is 15.0. The molecule has 1 aliphatic rings.